The van der Waals surface area contributed by atoms with Crippen LogP contribution >= 0.6 is 0 Å². The average Bonchev–Trinajstić information content (AvgIpc) is 2.98. The Morgan fingerprint density at radius 1 is 1.23 bits per heavy atom. The fourth-order valence-corrected chi connectivity index (χ4v) is 2.75. The van der Waals surface area contributed by atoms with Crippen molar-refractivity contribution in [3.63, 3.8) is 0 Å². The zero-order valence-corrected chi connectivity index (χ0v) is 13.5. The molecule has 0 aliphatic carbocycles. The van der Waals surface area contributed by atoms with Gasteiger partial charge in [0.05, 0.1) is 5.41 Å². The maximum absolute atomic E-state index is 12.2. The number of carbonyl (C=O) groups excluding carboxylic acids is 2. The molecule has 5 atom stereocenters. The molecule has 0 radical (unpaired) electrons. The Morgan fingerprint density at radius 3 is 2.55 bits per heavy atom. The topological polar surface area (TPSA) is 80.3 Å². The molecule has 0 aromatic heterocycles. The van der Waals surface area contributed by atoms with Gasteiger partial charge in [-0.05, 0) is 34.1 Å². The van der Waals surface area contributed by atoms with Crippen LogP contribution in [-0.4, -0.2) is 48.4 Å². The van der Waals surface area contributed by atoms with Gasteiger partial charge in [-0.15, -0.1) is 0 Å². The van der Waals surface area contributed by atoms with Gasteiger partial charge in [-0.25, -0.2) is 4.79 Å². The summed E-state index contributed by atoms with van der Waals surface area (Å²) in [6.07, 6.45) is -2.86. The molecule has 0 aromatic carbocycles. The maximum atomic E-state index is 12.2. The van der Waals surface area contributed by atoms with Gasteiger partial charge in [0, 0.05) is 0 Å². The lowest BCUT2D eigenvalue weighted by Gasteiger charge is -2.24. The highest BCUT2D eigenvalue weighted by molar-refractivity contribution is 5.84. The Morgan fingerprint density at radius 2 is 1.91 bits per heavy atom. The molecule has 3 saturated heterocycles. The van der Waals surface area contributed by atoms with Crippen LogP contribution in [0.1, 0.15) is 41.0 Å². The SMILES string of the molecule is CCC(C)(C)C(=O)OC1C(=O)OC2C3OC(C)(C)OC3OC12. The molecule has 0 amide bonds. The molecule has 3 rings (SSSR count). The summed E-state index contributed by atoms with van der Waals surface area (Å²) in [6.45, 7) is 8.96. The molecule has 3 aliphatic rings. The minimum Gasteiger partial charge on any atom is -0.454 e. The van der Waals surface area contributed by atoms with E-state index in [0.29, 0.717) is 6.42 Å². The minimum absolute atomic E-state index is 0.444. The van der Waals surface area contributed by atoms with Gasteiger partial charge in [-0.3, -0.25) is 4.79 Å². The predicted molar refractivity (Wildman–Crippen MR) is 72.5 cm³/mol. The number of carbonyl (C=O) groups is 2. The molecule has 3 aliphatic heterocycles. The van der Waals surface area contributed by atoms with E-state index in [2.05, 4.69) is 0 Å². The van der Waals surface area contributed by atoms with Crippen LogP contribution in [0.3, 0.4) is 0 Å². The van der Waals surface area contributed by atoms with E-state index in [1.807, 2.05) is 6.92 Å². The lowest BCUT2D eigenvalue weighted by molar-refractivity contribution is -0.217. The van der Waals surface area contributed by atoms with Gasteiger partial charge in [0.15, 0.2) is 24.3 Å². The summed E-state index contributed by atoms with van der Waals surface area (Å²) >= 11 is 0. The van der Waals surface area contributed by atoms with Crippen LogP contribution in [0.5, 0.6) is 0 Å². The largest absolute Gasteiger partial charge is 0.454 e. The van der Waals surface area contributed by atoms with Gasteiger partial charge in [-0.1, -0.05) is 6.92 Å². The lowest BCUT2D eigenvalue weighted by atomic mass is 9.90. The monoisotopic (exact) mass is 314 g/mol. The van der Waals surface area contributed by atoms with Crippen molar-refractivity contribution in [1.82, 2.24) is 0 Å². The quantitative estimate of drug-likeness (QED) is 0.722. The maximum Gasteiger partial charge on any atom is 0.350 e. The van der Waals surface area contributed by atoms with Crippen LogP contribution in [-0.2, 0) is 33.3 Å². The summed E-state index contributed by atoms with van der Waals surface area (Å²) in [5.41, 5.74) is -0.665. The second kappa shape index (κ2) is 4.91. The Balaban J connectivity index is 1.72. The molecule has 3 fully saturated rings. The van der Waals surface area contributed by atoms with E-state index in [1.54, 1.807) is 27.7 Å². The van der Waals surface area contributed by atoms with E-state index >= 15 is 0 Å². The smallest absolute Gasteiger partial charge is 0.350 e. The molecular weight excluding hydrogens is 292 g/mol. The molecule has 7 heteroatoms. The fourth-order valence-electron chi connectivity index (χ4n) is 2.75. The lowest BCUT2D eigenvalue weighted by Crippen LogP contribution is -2.40. The number of ether oxygens (including phenoxy) is 5. The molecule has 124 valence electrons. The summed E-state index contributed by atoms with van der Waals surface area (Å²) in [5, 5.41) is 0. The van der Waals surface area contributed by atoms with Gasteiger partial charge in [-0.2, -0.15) is 0 Å². The summed E-state index contributed by atoms with van der Waals surface area (Å²) in [4.78, 5) is 24.2. The second-order valence-corrected chi connectivity index (χ2v) is 7.03. The molecular formula is C15H22O7. The first-order valence-corrected chi connectivity index (χ1v) is 7.57. The summed E-state index contributed by atoms with van der Waals surface area (Å²) in [5.74, 6) is -1.83. The molecule has 0 saturated carbocycles. The average molecular weight is 314 g/mol. The van der Waals surface area contributed by atoms with E-state index in [1.165, 1.54) is 0 Å². The van der Waals surface area contributed by atoms with Crippen molar-refractivity contribution in [2.75, 3.05) is 0 Å². The van der Waals surface area contributed by atoms with Gasteiger partial charge < -0.3 is 23.7 Å². The normalized spacial score (nSPS) is 39.3. The van der Waals surface area contributed by atoms with Crippen molar-refractivity contribution in [3.8, 4) is 0 Å². The number of hydrogen-bond donors (Lipinski definition) is 0. The first kappa shape index (κ1) is 15.7. The molecule has 0 aromatic rings. The van der Waals surface area contributed by atoms with Crippen molar-refractivity contribution in [2.24, 2.45) is 5.41 Å². The van der Waals surface area contributed by atoms with Crippen molar-refractivity contribution in [1.29, 1.82) is 0 Å². The van der Waals surface area contributed by atoms with Crippen molar-refractivity contribution in [3.05, 3.63) is 0 Å². The molecule has 0 N–H and O–H groups in total. The third kappa shape index (κ3) is 2.41. The van der Waals surface area contributed by atoms with E-state index in [9.17, 15) is 9.59 Å². The predicted octanol–water partition coefficient (Wildman–Crippen LogP) is 1.14. The second-order valence-electron chi connectivity index (χ2n) is 7.03. The van der Waals surface area contributed by atoms with Crippen LogP contribution in [0.15, 0.2) is 0 Å². The van der Waals surface area contributed by atoms with Gasteiger partial charge in [0.1, 0.15) is 6.10 Å². The summed E-state index contributed by atoms with van der Waals surface area (Å²) in [6, 6.07) is 0. The van der Waals surface area contributed by atoms with Crippen molar-refractivity contribution < 1.29 is 33.3 Å². The van der Waals surface area contributed by atoms with Crippen LogP contribution < -0.4 is 0 Å². The number of fused-ring (bicyclic) bond motifs is 3. The molecule has 7 nitrogen and oxygen atoms in total. The third-order valence-corrected chi connectivity index (χ3v) is 4.48. The Hall–Kier alpha value is -1.18. The molecule has 0 spiro atoms. The zero-order chi connectivity index (χ0) is 16.3. The van der Waals surface area contributed by atoms with Crippen LogP contribution in [0.2, 0.25) is 0 Å². The standard InChI is InChI=1S/C15H22O7/c1-6-14(2,3)13(17)20-9-7-8(18-11(9)16)10-12(19-7)22-15(4,5)21-10/h7-10,12H,6H2,1-5H3. The zero-order valence-electron chi connectivity index (χ0n) is 13.5. The van der Waals surface area contributed by atoms with Gasteiger partial charge in [0.25, 0.3) is 0 Å². The van der Waals surface area contributed by atoms with Gasteiger partial charge >= 0.3 is 11.9 Å². The minimum atomic E-state index is -1.07. The van der Waals surface area contributed by atoms with Crippen LogP contribution in [0, 0.1) is 5.41 Å². The summed E-state index contributed by atoms with van der Waals surface area (Å²) < 4.78 is 27.7. The molecule has 0 bridgehead atoms. The van der Waals surface area contributed by atoms with E-state index in [0.717, 1.165) is 0 Å². The number of hydrogen-bond acceptors (Lipinski definition) is 7. The van der Waals surface area contributed by atoms with Gasteiger partial charge in [0.2, 0.25) is 6.10 Å². The van der Waals surface area contributed by atoms with Crippen LogP contribution in [0.25, 0.3) is 0 Å². The van der Waals surface area contributed by atoms with Crippen molar-refractivity contribution >= 4 is 11.9 Å². The highest BCUT2D eigenvalue weighted by Crippen LogP contribution is 2.43. The molecule has 22 heavy (non-hydrogen) atoms. The highest BCUT2D eigenvalue weighted by atomic mass is 16.8. The van der Waals surface area contributed by atoms with Crippen molar-refractivity contribution in [2.45, 2.75) is 77.5 Å². The molecule has 3 heterocycles. The fraction of sp³-hybridized carbons (Fsp3) is 0.867. The third-order valence-electron chi connectivity index (χ3n) is 4.48. The molecule has 5 unspecified atom stereocenters. The Labute approximate surface area is 129 Å². The van der Waals surface area contributed by atoms with E-state index in [4.69, 9.17) is 23.7 Å². The van der Waals surface area contributed by atoms with E-state index < -0.39 is 53.8 Å². The number of rotatable bonds is 3. The highest BCUT2D eigenvalue weighted by Gasteiger charge is 2.64. The Bertz CT molecular complexity index is 498. The van der Waals surface area contributed by atoms with Crippen LogP contribution in [0.4, 0.5) is 0 Å². The Kier molecular flexibility index (Phi) is 3.50. The number of esters is 2. The first-order chi connectivity index (χ1) is 10.1. The van der Waals surface area contributed by atoms with E-state index in [-0.39, 0.29) is 0 Å². The summed E-state index contributed by atoms with van der Waals surface area (Å²) in [7, 11) is 0. The first-order valence-electron chi connectivity index (χ1n) is 7.57.